The van der Waals surface area contributed by atoms with E-state index in [0.717, 1.165) is 48.4 Å². The van der Waals surface area contributed by atoms with Gasteiger partial charge in [0, 0.05) is 23.3 Å². The van der Waals surface area contributed by atoms with Crippen LogP contribution in [0.3, 0.4) is 0 Å². The summed E-state index contributed by atoms with van der Waals surface area (Å²) >= 11 is 1.55. The number of aromatic nitrogens is 1. The number of thiazole rings is 1. The lowest BCUT2D eigenvalue weighted by atomic mass is 9.96. The van der Waals surface area contributed by atoms with E-state index in [1.54, 1.807) is 11.3 Å². The molecule has 1 heterocycles. The molecular formula is C21H26F3N3OS. The second-order valence-corrected chi connectivity index (χ2v) is 8.22. The summed E-state index contributed by atoms with van der Waals surface area (Å²) in [6.07, 6.45) is 2.66. The first-order valence-corrected chi connectivity index (χ1v) is 10.9. The van der Waals surface area contributed by atoms with Crippen molar-refractivity contribution >= 4 is 22.9 Å². The standard InChI is InChI=1S/C21H26F3N3OS/c1-2-12-27-18(14-29-20(27)26-16-6-4-3-5-7-16)13-19(28)25-17-10-8-15(9-11-17)21(22,23)24/h8-11,14,16H,2-7,12-13H2,1H3,(H,25,28). The van der Waals surface area contributed by atoms with Crippen LogP contribution in [-0.2, 0) is 23.9 Å². The normalized spacial score (nSPS) is 16.2. The second kappa shape index (κ2) is 9.61. The fourth-order valence-corrected chi connectivity index (χ4v) is 4.55. The number of anilines is 1. The molecule has 4 nitrogen and oxygen atoms in total. The summed E-state index contributed by atoms with van der Waals surface area (Å²) < 4.78 is 40.1. The van der Waals surface area contributed by atoms with Gasteiger partial charge < -0.3 is 9.88 Å². The van der Waals surface area contributed by atoms with Crippen molar-refractivity contribution in [3.05, 3.63) is 45.7 Å². The van der Waals surface area contributed by atoms with Gasteiger partial charge in [-0.2, -0.15) is 13.2 Å². The third-order valence-corrected chi connectivity index (χ3v) is 5.96. The highest BCUT2D eigenvalue weighted by Crippen LogP contribution is 2.29. The zero-order valence-electron chi connectivity index (χ0n) is 16.5. The van der Waals surface area contributed by atoms with E-state index in [2.05, 4.69) is 16.8 Å². The van der Waals surface area contributed by atoms with Crippen molar-refractivity contribution in [1.29, 1.82) is 0 Å². The van der Waals surface area contributed by atoms with Crippen molar-refractivity contribution in [3.63, 3.8) is 0 Å². The fraction of sp³-hybridized carbons (Fsp3) is 0.524. The smallest absolute Gasteiger partial charge is 0.326 e. The van der Waals surface area contributed by atoms with Crippen LogP contribution in [0.2, 0.25) is 0 Å². The fourth-order valence-electron chi connectivity index (χ4n) is 3.55. The third kappa shape index (κ3) is 5.95. The first-order valence-electron chi connectivity index (χ1n) is 10.0. The molecule has 0 spiro atoms. The number of nitrogens with one attached hydrogen (secondary N) is 1. The van der Waals surface area contributed by atoms with Crippen molar-refractivity contribution in [2.24, 2.45) is 4.99 Å². The molecule has 29 heavy (non-hydrogen) atoms. The van der Waals surface area contributed by atoms with E-state index in [1.165, 1.54) is 31.4 Å². The minimum atomic E-state index is -4.39. The molecule has 3 rings (SSSR count). The summed E-state index contributed by atoms with van der Waals surface area (Å²) in [5.41, 5.74) is 0.506. The number of nitrogens with zero attached hydrogens (tertiary/aromatic N) is 2. The van der Waals surface area contributed by atoms with Gasteiger partial charge in [-0.3, -0.25) is 9.79 Å². The molecule has 1 aromatic carbocycles. The molecule has 0 aliphatic heterocycles. The average Bonchev–Trinajstić information content (AvgIpc) is 3.04. The van der Waals surface area contributed by atoms with Crippen LogP contribution in [0.5, 0.6) is 0 Å². The number of hydrogen-bond donors (Lipinski definition) is 1. The van der Waals surface area contributed by atoms with E-state index in [0.29, 0.717) is 11.7 Å². The van der Waals surface area contributed by atoms with E-state index in [4.69, 9.17) is 4.99 Å². The SMILES string of the molecule is CCCn1c(CC(=O)Nc2ccc(C(F)(F)F)cc2)csc1=NC1CCCCC1. The van der Waals surface area contributed by atoms with Crippen LogP contribution in [0.25, 0.3) is 0 Å². The van der Waals surface area contributed by atoms with E-state index < -0.39 is 11.7 Å². The van der Waals surface area contributed by atoms with Gasteiger partial charge in [-0.1, -0.05) is 26.2 Å². The van der Waals surface area contributed by atoms with Gasteiger partial charge in [-0.05, 0) is 43.5 Å². The van der Waals surface area contributed by atoms with Gasteiger partial charge in [0.1, 0.15) is 0 Å². The van der Waals surface area contributed by atoms with E-state index >= 15 is 0 Å². The number of amides is 1. The third-order valence-electron chi connectivity index (χ3n) is 5.03. The van der Waals surface area contributed by atoms with Crippen LogP contribution in [0.15, 0.2) is 34.6 Å². The Morgan fingerprint density at radius 1 is 1.21 bits per heavy atom. The van der Waals surface area contributed by atoms with Gasteiger partial charge in [0.15, 0.2) is 4.80 Å². The number of hydrogen-bond acceptors (Lipinski definition) is 3. The van der Waals surface area contributed by atoms with Gasteiger partial charge in [0.25, 0.3) is 0 Å². The molecule has 1 saturated carbocycles. The lowest BCUT2D eigenvalue weighted by Crippen LogP contribution is -2.24. The Morgan fingerprint density at radius 3 is 2.52 bits per heavy atom. The maximum Gasteiger partial charge on any atom is 0.416 e. The molecule has 0 unspecified atom stereocenters. The van der Waals surface area contributed by atoms with Crippen LogP contribution in [0.4, 0.5) is 18.9 Å². The summed E-state index contributed by atoms with van der Waals surface area (Å²) in [4.78, 5) is 18.3. The zero-order valence-corrected chi connectivity index (χ0v) is 17.3. The first-order chi connectivity index (χ1) is 13.9. The highest BCUT2D eigenvalue weighted by atomic mass is 32.1. The molecule has 0 atom stereocenters. The first kappa shape index (κ1) is 21.6. The molecular weight excluding hydrogens is 399 g/mol. The second-order valence-electron chi connectivity index (χ2n) is 7.38. The summed E-state index contributed by atoms with van der Waals surface area (Å²) in [5, 5.41) is 4.65. The maximum absolute atomic E-state index is 12.7. The Labute approximate surface area is 172 Å². The predicted octanol–water partition coefficient (Wildman–Crippen LogP) is 5.39. The Balaban J connectivity index is 1.70. The number of alkyl halides is 3. The van der Waals surface area contributed by atoms with Crippen molar-refractivity contribution in [3.8, 4) is 0 Å². The maximum atomic E-state index is 12.7. The van der Waals surface area contributed by atoms with Crippen molar-refractivity contribution in [2.75, 3.05) is 5.32 Å². The van der Waals surface area contributed by atoms with Crippen LogP contribution >= 0.6 is 11.3 Å². The van der Waals surface area contributed by atoms with Gasteiger partial charge in [-0.25, -0.2) is 0 Å². The number of rotatable bonds is 6. The summed E-state index contributed by atoms with van der Waals surface area (Å²) in [6.45, 7) is 2.87. The molecule has 0 saturated heterocycles. The van der Waals surface area contributed by atoms with Crippen LogP contribution < -0.4 is 10.1 Å². The largest absolute Gasteiger partial charge is 0.416 e. The molecule has 158 valence electrons. The Bertz CT molecular complexity index is 878. The lowest BCUT2D eigenvalue weighted by molar-refractivity contribution is -0.137. The molecule has 8 heteroatoms. The van der Waals surface area contributed by atoms with Crippen LogP contribution in [0, 0.1) is 0 Å². The highest BCUT2D eigenvalue weighted by molar-refractivity contribution is 7.07. The number of carbonyl (C=O) groups excluding carboxylic acids is 1. The zero-order chi connectivity index (χ0) is 20.9. The van der Waals surface area contributed by atoms with Crippen LogP contribution in [0.1, 0.15) is 56.7 Å². The van der Waals surface area contributed by atoms with E-state index in [-0.39, 0.29) is 12.3 Å². The number of benzene rings is 1. The van der Waals surface area contributed by atoms with Crippen molar-refractivity contribution < 1.29 is 18.0 Å². The van der Waals surface area contributed by atoms with Gasteiger partial charge in [0.05, 0.1) is 18.0 Å². The Kier molecular flexibility index (Phi) is 7.16. The topological polar surface area (TPSA) is 46.4 Å². The minimum Gasteiger partial charge on any atom is -0.326 e. The lowest BCUT2D eigenvalue weighted by Gasteiger charge is -2.17. The molecule has 2 aromatic rings. The van der Waals surface area contributed by atoms with Gasteiger partial charge in [0.2, 0.25) is 5.91 Å². The molecule has 1 aliphatic rings. The highest BCUT2D eigenvalue weighted by Gasteiger charge is 2.30. The summed E-state index contributed by atoms with van der Waals surface area (Å²) in [5.74, 6) is -0.253. The molecule has 1 amide bonds. The monoisotopic (exact) mass is 425 g/mol. The molecule has 1 N–H and O–H groups in total. The average molecular weight is 426 g/mol. The van der Waals surface area contributed by atoms with Crippen LogP contribution in [-0.4, -0.2) is 16.5 Å². The Morgan fingerprint density at radius 2 is 1.90 bits per heavy atom. The predicted molar refractivity (Wildman–Crippen MR) is 109 cm³/mol. The molecule has 0 bridgehead atoms. The van der Waals surface area contributed by atoms with Gasteiger partial charge in [-0.15, -0.1) is 11.3 Å². The quantitative estimate of drug-likeness (QED) is 0.662. The van der Waals surface area contributed by atoms with E-state index in [9.17, 15) is 18.0 Å². The number of carbonyl (C=O) groups is 1. The summed E-state index contributed by atoms with van der Waals surface area (Å²) in [6, 6.07) is 4.85. The molecule has 1 aliphatic carbocycles. The van der Waals surface area contributed by atoms with E-state index in [1.807, 2.05) is 5.38 Å². The molecule has 1 aromatic heterocycles. The van der Waals surface area contributed by atoms with Gasteiger partial charge >= 0.3 is 6.18 Å². The van der Waals surface area contributed by atoms with Crippen molar-refractivity contribution in [2.45, 2.75) is 70.6 Å². The van der Waals surface area contributed by atoms with Crippen molar-refractivity contribution in [1.82, 2.24) is 4.57 Å². The molecule has 1 fully saturated rings. The molecule has 0 radical (unpaired) electrons. The Hall–Kier alpha value is -2.09. The minimum absolute atomic E-state index is 0.164. The number of halogens is 3. The summed E-state index contributed by atoms with van der Waals surface area (Å²) in [7, 11) is 0.